The number of rotatable bonds is 5. The summed E-state index contributed by atoms with van der Waals surface area (Å²) in [4.78, 5) is 7.79. The summed E-state index contributed by atoms with van der Waals surface area (Å²) in [5, 5.41) is 6.15. The lowest BCUT2D eigenvalue weighted by Crippen LogP contribution is -2.00. The van der Waals surface area contributed by atoms with Crippen molar-refractivity contribution in [2.45, 2.75) is 19.3 Å². The molecule has 2 rings (SSSR count). The smallest absolute Gasteiger partial charge is 0.111 e. The van der Waals surface area contributed by atoms with E-state index in [0.29, 0.717) is 31.5 Å². The van der Waals surface area contributed by atoms with Crippen LogP contribution in [0.25, 0.3) is 0 Å². The SMILES string of the molecule is CCC(c1cc(Cl)c(N=C=S)c(Cl)c1)c1cc(Cl)c(N=C=S)c(Cl)c1. The van der Waals surface area contributed by atoms with Crippen LogP contribution in [0.5, 0.6) is 0 Å². The fourth-order valence-corrected chi connectivity index (χ4v) is 3.90. The molecule has 2 aromatic carbocycles. The third kappa shape index (κ3) is 4.68. The molecule has 0 saturated carbocycles. The van der Waals surface area contributed by atoms with E-state index in [9.17, 15) is 0 Å². The molecule has 0 fully saturated rings. The highest BCUT2D eigenvalue weighted by Crippen LogP contribution is 2.42. The first-order chi connectivity index (χ1) is 11.9. The van der Waals surface area contributed by atoms with Crippen LogP contribution in [-0.2, 0) is 0 Å². The van der Waals surface area contributed by atoms with E-state index < -0.39 is 0 Å². The van der Waals surface area contributed by atoms with Gasteiger partial charge in [-0.05, 0) is 66.2 Å². The van der Waals surface area contributed by atoms with Gasteiger partial charge in [-0.2, -0.15) is 9.98 Å². The molecule has 0 aromatic heterocycles. The first-order valence-electron chi connectivity index (χ1n) is 7.06. The van der Waals surface area contributed by atoms with Gasteiger partial charge in [0.05, 0.1) is 30.4 Å². The maximum absolute atomic E-state index is 6.28. The minimum absolute atomic E-state index is 0.0129. The highest BCUT2D eigenvalue weighted by Gasteiger charge is 2.19. The van der Waals surface area contributed by atoms with Crippen molar-refractivity contribution in [2.24, 2.45) is 9.98 Å². The zero-order valence-corrected chi connectivity index (χ0v) is 17.5. The fourth-order valence-electron chi connectivity index (χ4n) is 2.54. The molecule has 2 nitrogen and oxygen atoms in total. The average molecular weight is 448 g/mol. The summed E-state index contributed by atoms with van der Waals surface area (Å²) in [6.07, 6.45) is 0.783. The van der Waals surface area contributed by atoms with Gasteiger partial charge in [0.1, 0.15) is 11.4 Å². The second-order valence-corrected chi connectivity index (χ2v) is 7.03. The number of hydrogen-bond donors (Lipinski definition) is 0. The van der Waals surface area contributed by atoms with Gasteiger partial charge in [-0.3, -0.25) is 0 Å². The molecule has 0 bridgehead atoms. The van der Waals surface area contributed by atoms with Crippen LogP contribution in [0, 0.1) is 0 Å². The maximum Gasteiger partial charge on any atom is 0.111 e. The van der Waals surface area contributed by atoms with Crippen LogP contribution < -0.4 is 0 Å². The molecular weight excluding hydrogens is 438 g/mol. The molecule has 128 valence electrons. The van der Waals surface area contributed by atoms with Gasteiger partial charge in [0.25, 0.3) is 0 Å². The predicted octanol–water partition coefficient (Wildman–Crippen LogP) is 8.31. The van der Waals surface area contributed by atoms with Crippen molar-refractivity contribution in [3.63, 3.8) is 0 Å². The van der Waals surface area contributed by atoms with Crippen LogP contribution in [-0.4, -0.2) is 10.3 Å². The lowest BCUT2D eigenvalue weighted by Gasteiger charge is -2.19. The summed E-state index contributed by atoms with van der Waals surface area (Å²) in [6.45, 7) is 2.04. The molecule has 2 aromatic rings. The predicted molar refractivity (Wildman–Crippen MR) is 114 cm³/mol. The zero-order valence-electron chi connectivity index (χ0n) is 12.8. The number of hydrogen-bond acceptors (Lipinski definition) is 4. The largest absolute Gasteiger partial charge is 0.192 e. The molecule has 0 aliphatic carbocycles. The minimum atomic E-state index is -0.0129. The second kappa shape index (κ2) is 9.23. The van der Waals surface area contributed by atoms with Crippen molar-refractivity contribution in [3.8, 4) is 0 Å². The highest BCUT2D eigenvalue weighted by molar-refractivity contribution is 7.78. The van der Waals surface area contributed by atoms with E-state index in [1.54, 1.807) is 24.3 Å². The number of halogens is 4. The van der Waals surface area contributed by atoms with Gasteiger partial charge < -0.3 is 0 Å². The standard InChI is InChI=1S/C17H10Cl4N2S2/c1-2-11(9-3-12(18)16(22-7-24)13(19)4-9)10-5-14(20)17(23-8-25)15(21)6-10/h3-6,11H,2H2,1H3. The van der Waals surface area contributed by atoms with Crippen molar-refractivity contribution in [1.82, 2.24) is 0 Å². The third-order valence-corrected chi connectivity index (χ3v) is 4.94. The molecule has 0 spiro atoms. The molecule has 0 unspecified atom stereocenters. The Bertz CT molecular complexity index is 797. The minimum Gasteiger partial charge on any atom is -0.192 e. The number of nitrogens with zero attached hydrogens (tertiary/aromatic N) is 2. The highest BCUT2D eigenvalue weighted by atomic mass is 35.5. The van der Waals surface area contributed by atoms with Crippen LogP contribution in [0.4, 0.5) is 11.4 Å². The first kappa shape index (κ1) is 20.5. The fraction of sp³-hybridized carbons (Fsp3) is 0.176. The molecule has 0 radical (unpaired) electrons. The lowest BCUT2D eigenvalue weighted by molar-refractivity contribution is 0.777. The Labute approximate surface area is 176 Å². The van der Waals surface area contributed by atoms with Gasteiger partial charge in [0.15, 0.2) is 0 Å². The summed E-state index contributed by atoms with van der Waals surface area (Å²) in [5.74, 6) is -0.0129. The summed E-state index contributed by atoms with van der Waals surface area (Å²) in [7, 11) is 0. The number of aliphatic imine (C=N–C) groups is 2. The molecule has 0 saturated heterocycles. The molecule has 0 aliphatic rings. The Hall–Kier alpha value is -0.800. The van der Waals surface area contributed by atoms with E-state index in [1.165, 1.54) is 0 Å². The van der Waals surface area contributed by atoms with E-state index in [-0.39, 0.29) is 5.92 Å². The number of benzene rings is 2. The van der Waals surface area contributed by atoms with Gasteiger partial charge in [0.2, 0.25) is 0 Å². The van der Waals surface area contributed by atoms with Gasteiger partial charge in [-0.25, -0.2) is 0 Å². The molecular formula is C17H10Cl4N2S2. The monoisotopic (exact) mass is 446 g/mol. The van der Waals surface area contributed by atoms with Crippen molar-refractivity contribution in [1.29, 1.82) is 0 Å². The maximum atomic E-state index is 6.28. The van der Waals surface area contributed by atoms with Crippen LogP contribution in [0.2, 0.25) is 20.1 Å². The number of thiocarbonyl (C=S) groups is 2. The van der Waals surface area contributed by atoms with Crippen LogP contribution >= 0.6 is 70.8 Å². The van der Waals surface area contributed by atoms with E-state index in [4.69, 9.17) is 46.4 Å². The van der Waals surface area contributed by atoms with Crippen LogP contribution in [0.15, 0.2) is 34.3 Å². The second-order valence-electron chi connectivity index (χ2n) is 5.03. The summed E-state index contributed by atoms with van der Waals surface area (Å²) >= 11 is 34.3. The van der Waals surface area contributed by atoms with Gasteiger partial charge in [-0.1, -0.05) is 53.3 Å². The Morgan fingerprint density at radius 1 is 0.800 bits per heavy atom. The van der Waals surface area contributed by atoms with Gasteiger partial charge in [-0.15, -0.1) is 0 Å². The molecule has 8 heteroatoms. The molecule has 0 N–H and O–H groups in total. The molecule has 0 amide bonds. The first-order valence-corrected chi connectivity index (χ1v) is 9.39. The molecule has 0 atom stereocenters. The Balaban J connectivity index is 2.58. The van der Waals surface area contributed by atoms with Crippen LogP contribution in [0.1, 0.15) is 30.4 Å². The number of isothiocyanates is 2. The summed E-state index contributed by atoms with van der Waals surface area (Å²) < 4.78 is 0. The third-order valence-electron chi connectivity index (χ3n) is 3.61. The quantitative estimate of drug-likeness (QED) is 0.340. The lowest BCUT2D eigenvalue weighted by atomic mass is 9.89. The molecule has 0 aliphatic heterocycles. The summed E-state index contributed by atoms with van der Waals surface area (Å²) in [6, 6.07) is 7.21. The van der Waals surface area contributed by atoms with E-state index >= 15 is 0 Å². The van der Waals surface area contributed by atoms with E-state index in [2.05, 4.69) is 44.7 Å². The van der Waals surface area contributed by atoms with E-state index in [1.807, 2.05) is 6.92 Å². The van der Waals surface area contributed by atoms with Crippen LogP contribution in [0.3, 0.4) is 0 Å². The van der Waals surface area contributed by atoms with Crippen molar-refractivity contribution >= 4 is 92.5 Å². The topological polar surface area (TPSA) is 24.7 Å². The average Bonchev–Trinajstić information content (AvgIpc) is 2.55. The van der Waals surface area contributed by atoms with Gasteiger partial charge >= 0.3 is 0 Å². The molecule has 25 heavy (non-hydrogen) atoms. The van der Waals surface area contributed by atoms with Crippen molar-refractivity contribution in [2.75, 3.05) is 0 Å². The van der Waals surface area contributed by atoms with Crippen molar-refractivity contribution < 1.29 is 0 Å². The summed E-state index contributed by atoms with van der Waals surface area (Å²) in [5.41, 5.74) is 2.63. The zero-order chi connectivity index (χ0) is 18.6. The van der Waals surface area contributed by atoms with E-state index in [0.717, 1.165) is 17.5 Å². The Kier molecular flexibility index (Phi) is 7.57. The Morgan fingerprint density at radius 3 is 1.36 bits per heavy atom. The van der Waals surface area contributed by atoms with Gasteiger partial charge in [0, 0.05) is 5.92 Å². The normalized spacial score (nSPS) is 11.4. The molecule has 0 heterocycles. The van der Waals surface area contributed by atoms with Crippen molar-refractivity contribution in [3.05, 3.63) is 55.5 Å². The Morgan fingerprint density at radius 2 is 1.12 bits per heavy atom.